The molecule has 3 saturated heterocycles. The Morgan fingerprint density at radius 1 is 0.234 bits per heavy atom. The maximum Gasteiger partial charge on any atom is 0.482 e. The molecule has 107 heavy (non-hydrogen) atoms. The highest BCUT2D eigenvalue weighted by Crippen LogP contribution is 2.46. The third-order valence-electron chi connectivity index (χ3n) is 16.7. The van der Waals surface area contributed by atoms with E-state index in [4.69, 9.17) is 79.0 Å². The van der Waals surface area contributed by atoms with Crippen molar-refractivity contribution in [2.45, 2.75) is 210 Å². The van der Waals surface area contributed by atoms with Crippen LogP contribution >= 0.6 is 94.1 Å². The van der Waals surface area contributed by atoms with E-state index in [1.807, 2.05) is 70.6 Å². The van der Waals surface area contributed by atoms with Crippen LogP contribution in [0.4, 0.5) is 0 Å². The van der Waals surface area contributed by atoms with E-state index in [9.17, 15) is 4.80 Å². The molecule has 5 atom stereocenters. The lowest BCUT2D eigenvalue weighted by Crippen LogP contribution is -2.78. The third-order valence-corrected chi connectivity index (χ3v) is 56.4. The van der Waals surface area contributed by atoms with Crippen molar-refractivity contribution in [1.29, 1.82) is 0 Å². The maximum atomic E-state index is 13.9. The molecule has 0 amide bonds. The first-order valence-corrected chi connectivity index (χ1v) is 64.4. The number of rotatable bonds is 72. The molecule has 3 aliphatic heterocycles. The quantitative estimate of drug-likeness (QED) is 0.0447. The molecule has 3 rings (SSSR count). The van der Waals surface area contributed by atoms with Crippen LogP contribution in [0.2, 0.25) is 48.4 Å². The van der Waals surface area contributed by atoms with Crippen molar-refractivity contribution in [3.8, 4) is 0 Å². The Balaban J connectivity index is 2.46. The summed E-state index contributed by atoms with van der Waals surface area (Å²) in [6, 6.07) is 3.63. The molecule has 3 aliphatic rings. The average Bonchev–Trinajstić information content (AvgIpc) is 0.728. The number of thioether (sulfide) groups is 8. The molecule has 0 aromatic rings. The van der Waals surface area contributed by atoms with Crippen molar-refractivity contribution in [3.63, 3.8) is 0 Å². The third kappa shape index (κ3) is 56.1. The standard InChI is InChI=1S/C72H153O19S8Si8/c1-65(2)17-25-74-33-41-92-49-57-100-82-101(58-50-93-42-34-75-26-18-66(3)4)85-105(62-54-97-46-38-79-30-22-70(11)12)88-104(84-100,61-53-96-45-37-78-29-21-69(9)10)89-106(63-55-98-47-39-80-31-23-71(13)14)86-102(59-51-94-43-35-76-27-19-67(5)6)83-103(73,60-52-95-44-36-77-28-20-68(7)8)87-107(90-105,91-106)64-56-99-48-40-81-32-24-72(15)16/h65-73H,17-64H2,1-16H3. The largest absolute Gasteiger partial charge is 0.482 e. The summed E-state index contributed by atoms with van der Waals surface area (Å²) in [4.78, 5) is 13.9. The van der Waals surface area contributed by atoms with Crippen LogP contribution in [0.25, 0.3) is 0 Å². The van der Waals surface area contributed by atoms with Crippen LogP contribution in [0.1, 0.15) is 162 Å². The maximum absolute atomic E-state index is 13.9. The Bertz CT molecular complexity index is 2050. The second-order valence-corrected chi connectivity index (χ2v) is 61.9. The van der Waals surface area contributed by atoms with Gasteiger partial charge >= 0.3 is 71.9 Å². The van der Waals surface area contributed by atoms with E-state index in [0.29, 0.717) is 184 Å². The van der Waals surface area contributed by atoms with Gasteiger partial charge in [0.2, 0.25) is 0 Å². The molecule has 4 bridgehead atoms. The summed E-state index contributed by atoms with van der Waals surface area (Å²) < 4.78 is 130. The molecular weight excluding hydrogens is 1650 g/mol. The predicted octanol–water partition coefficient (Wildman–Crippen LogP) is 17.7. The molecule has 0 aromatic heterocycles. The Hall–Kier alpha value is 3.78. The van der Waals surface area contributed by atoms with Crippen molar-refractivity contribution >= 4 is 166 Å². The molecule has 0 saturated carbocycles. The van der Waals surface area contributed by atoms with Gasteiger partial charge in [0.1, 0.15) is 0 Å². The molecule has 5 unspecified atom stereocenters. The first kappa shape index (κ1) is 105. The first-order valence-electron chi connectivity index (χ1n) is 40.9. The van der Waals surface area contributed by atoms with Gasteiger partial charge in [-0.2, -0.15) is 94.1 Å². The van der Waals surface area contributed by atoms with Gasteiger partial charge < -0.3 is 83.8 Å². The fourth-order valence-corrected chi connectivity index (χ4v) is 58.1. The number of ether oxygens (including phenoxy) is 8. The highest BCUT2D eigenvalue weighted by Gasteiger charge is 2.72. The second-order valence-electron chi connectivity index (χ2n) is 30.8. The lowest BCUT2D eigenvalue weighted by atomic mass is 10.1. The van der Waals surface area contributed by atoms with Gasteiger partial charge in [0.25, 0.3) is 0 Å². The molecule has 0 aliphatic carbocycles. The summed E-state index contributed by atoms with van der Waals surface area (Å²) in [5.41, 5.74) is 0. The van der Waals surface area contributed by atoms with Crippen LogP contribution in [0.3, 0.4) is 0 Å². The van der Waals surface area contributed by atoms with Gasteiger partial charge in [-0.3, -0.25) is 0 Å². The van der Waals surface area contributed by atoms with Crippen molar-refractivity contribution in [2.75, 3.05) is 198 Å². The van der Waals surface area contributed by atoms with E-state index in [0.717, 1.165) is 155 Å². The second kappa shape index (κ2) is 65.5. The minimum atomic E-state index is -4.41. The van der Waals surface area contributed by atoms with Gasteiger partial charge in [0.15, 0.2) is 0 Å². The van der Waals surface area contributed by atoms with Crippen molar-refractivity contribution in [1.82, 2.24) is 0 Å². The van der Waals surface area contributed by atoms with E-state index in [-0.39, 0.29) is 6.04 Å². The Labute approximate surface area is 699 Å². The minimum absolute atomic E-state index is 0.256. The summed E-state index contributed by atoms with van der Waals surface area (Å²) in [7, 11) is -28.3. The molecule has 635 valence electrons. The fraction of sp³-hybridized carbons (Fsp3) is 1.00. The Kier molecular flexibility index (Phi) is 64.3. The average molecular weight is 1800 g/mol. The molecule has 0 spiro atoms. The zero-order valence-electron chi connectivity index (χ0n) is 69.6. The molecule has 3 fully saturated rings. The molecule has 3 heterocycles. The number of fused-ring (bicyclic) bond motifs is 4. The summed E-state index contributed by atoms with van der Waals surface area (Å²) in [6.07, 6.45) is 8.12. The van der Waals surface area contributed by atoms with Gasteiger partial charge in [-0.25, -0.2) is 0 Å². The Morgan fingerprint density at radius 3 is 0.692 bits per heavy atom. The SMILES string of the molecule is CC(C)CCOCCSCC[Si]1O[Si](CCSCCOCCC(C)C)O[Si]2(CCSCCOCCC(C)C)O[Si](CCSCCOCCC(C)C)(O1)O[Si]1(CCSCCOCCC(C)C)O[Si](CCSCCOCCC(C)C)O[Si](O)(CCSCCOCCC(C)C)O[Si](CCSCCOCCC(C)C)(O2)O1. The van der Waals surface area contributed by atoms with Crippen LogP contribution in [0.5, 0.6) is 0 Å². The monoisotopic (exact) mass is 1800 g/mol. The van der Waals surface area contributed by atoms with E-state index < -0.39 is 71.9 Å². The van der Waals surface area contributed by atoms with Gasteiger partial charge in [-0.05, 0) is 145 Å². The van der Waals surface area contributed by atoms with Crippen LogP contribution in [-0.4, -0.2) is 274 Å². The zero-order valence-corrected chi connectivity index (χ0v) is 84.2. The Morgan fingerprint density at radius 2 is 0.439 bits per heavy atom. The minimum Gasteiger partial charge on any atom is -0.414 e. The van der Waals surface area contributed by atoms with Crippen molar-refractivity contribution < 1.29 is 83.8 Å². The van der Waals surface area contributed by atoms with Gasteiger partial charge in [-0.15, -0.1) is 0 Å². The van der Waals surface area contributed by atoms with Crippen LogP contribution in [0, 0.1) is 47.3 Å². The highest BCUT2D eigenvalue weighted by atomic mass is 32.2. The van der Waals surface area contributed by atoms with E-state index in [2.05, 4.69) is 111 Å². The normalized spacial score (nSPS) is 22.4. The summed E-state index contributed by atoms with van der Waals surface area (Å²) in [5.74, 6) is 16.2. The zero-order chi connectivity index (χ0) is 78.2. The number of hydrogen-bond acceptors (Lipinski definition) is 27. The van der Waals surface area contributed by atoms with Gasteiger partial charge in [0, 0.05) is 147 Å². The molecular formula is C72H153O19S8Si8. The van der Waals surface area contributed by atoms with Gasteiger partial charge in [0.05, 0.1) is 52.9 Å². The number of hydrogen-bond donors (Lipinski definition) is 1. The smallest absolute Gasteiger partial charge is 0.414 e. The fourth-order valence-electron chi connectivity index (χ4n) is 9.95. The predicted molar refractivity (Wildman–Crippen MR) is 478 cm³/mol. The summed E-state index contributed by atoms with van der Waals surface area (Å²) in [5, 5.41) is 0. The molecule has 1 N–H and O–H groups in total. The highest BCUT2D eigenvalue weighted by molar-refractivity contribution is 8.00. The van der Waals surface area contributed by atoms with Gasteiger partial charge in [-0.1, -0.05) is 111 Å². The molecule has 3 radical (unpaired) electrons. The topological polar surface area (TPSA) is 186 Å². The van der Waals surface area contributed by atoms with E-state index in [1.54, 1.807) is 23.5 Å². The molecule has 19 nitrogen and oxygen atoms in total. The van der Waals surface area contributed by atoms with Crippen molar-refractivity contribution in [3.05, 3.63) is 0 Å². The first-order chi connectivity index (χ1) is 51.4. The van der Waals surface area contributed by atoms with Crippen molar-refractivity contribution in [2.24, 2.45) is 47.3 Å². The molecule has 35 heteroatoms. The van der Waals surface area contributed by atoms with Crippen LogP contribution < -0.4 is 0 Å². The summed E-state index contributed by atoms with van der Waals surface area (Å²) >= 11 is 14.5. The lowest BCUT2D eigenvalue weighted by Gasteiger charge is -2.54. The molecule has 0 aromatic carbocycles. The van der Waals surface area contributed by atoms with E-state index in [1.165, 1.54) is 0 Å². The van der Waals surface area contributed by atoms with Crippen LogP contribution in [0.15, 0.2) is 0 Å². The van der Waals surface area contributed by atoms with Crippen LogP contribution in [-0.2, 0) is 79.0 Å². The van der Waals surface area contributed by atoms with E-state index >= 15 is 0 Å². The summed E-state index contributed by atoms with van der Waals surface area (Å²) in [6.45, 7) is 46.7. The lowest BCUT2D eigenvalue weighted by molar-refractivity contribution is 0.0469.